The Kier molecular flexibility index (Phi) is 5.08. The van der Waals surface area contributed by atoms with Gasteiger partial charge in [0, 0.05) is 45.3 Å². The van der Waals surface area contributed by atoms with Gasteiger partial charge >= 0.3 is 0 Å². The van der Waals surface area contributed by atoms with E-state index in [1.54, 1.807) is 35.9 Å². The molecule has 0 bridgehead atoms. The standard InChI is InChI=1S/C19H23N3O4/c1-12-4-5-16-14(8-12)18(24)15(11-21(16)2)19(25)20-13-9-17(23)22(10-13)6-7-26-3/h4-5,8,11,13H,6-7,9-10H2,1-3H3,(H,20,25)/t13-/m1/s1. The molecule has 2 amide bonds. The topological polar surface area (TPSA) is 80.6 Å². The first-order chi connectivity index (χ1) is 12.4. The van der Waals surface area contributed by atoms with Gasteiger partial charge in [0.25, 0.3) is 5.91 Å². The number of aryl methyl sites for hydroxylation is 2. The van der Waals surface area contributed by atoms with Crippen LogP contribution in [-0.2, 0) is 16.6 Å². The third-order valence-electron chi connectivity index (χ3n) is 4.70. The summed E-state index contributed by atoms with van der Waals surface area (Å²) in [7, 11) is 3.39. The molecule has 7 nitrogen and oxygen atoms in total. The highest BCUT2D eigenvalue weighted by Gasteiger charge is 2.31. The van der Waals surface area contributed by atoms with Crippen molar-refractivity contribution in [1.82, 2.24) is 14.8 Å². The molecule has 3 rings (SSSR count). The van der Waals surface area contributed by atoms with Crippen molar-refractivity contribution in [2.75, 3.05) is 26.8 Å². The summed E-state index contributed by atoms with van der Waals surface area (Å²) in [5.74, 6) is -0.463. The van der Waals surface area contributed by atoms with Gasteiger partial charge in [0.15, 0.2) is 0 Å². The molecule has 2 heterocycles. The van der Waals surface area contributed by atoms with Crippen LogP contribution in [0.5, 0.6) is 0 Å². The molecule has 0 aliphatic carbocycles. The minimum Gasteiger partial charge on any atom is -0.383 e. The first-order valence-corrected chi connectivity index (χ1v) is 8.58. The Morgan fingerprint density at radius 2 is 2.12 bits per heavy atom. The average molecular weight is 357 g/mol. The molecule has 1 atom stereocenters. The normalized spacial score (nSPS) is 17.1. The SMILES string of the molecule is COCCN1C[C@H](NC(=O)c2cn(C)c3ccc(C)cc3c2=O)CC1=O. The third-order valence-corrected chi connectivity index (χ3v) is 4.70. The summed E-state index contributed by atoms with van der Waals surface area (Å²) in [5, 5.41) is 3.34. The molecular weight excluding hydrogens is 334 g/mol. The number of hydrogen-bond donors (Lipinski definition) is 1. The predicted molar refractivity (Wildman–Crippen MR) is 98.3 cm³/mol. The number of hydrogen-bond acceptors (Lipinski definition) is 4. The van der Waals surface area contributed by atoms with Crippen LogP contribution in [0.1, 0.15) is 22.3 Å². The van der Waals surface area contributed by atoms with E-state index in [1.165, 1.54) is 0 Å². The van der Waals surface area contributed by atoms with E-state index in [9.17, 15) is 14.4 Å². The second kappa shape index (κ2) is 7.29. The molecule has 1 aliphatic rings. The lowest BCUT2D eigenvalue weighted by molar-refractivity contribution is -0.128. The summed E-state index contributed by atoms with van der Waals surface area (Å²) in [6.45, 7) is 3.29. The Morgan fingerprint density at radius 3 is 2.85 bits per heavy atom. The van der Waals surface area contributed by atoms with Crippen molar-refractivity contribution in [2.45, 2.75) is 19.4 Å². The zero-order valence-electron chi connectivity index (χ0n) is 15.2. The van der Waals surface area contributed by atoms with Crippen molar-refractivity contribution < 1.29 is 14.3 Å². The van der Waals surface area contributed by atoms with Crippen LogP contribution in [0.4, 0.5) is 0 Å². The molecule has 2 aromatic rings. The van der Waals surface area contributed by atoms with Gasteiger partial charge in [-0.2, -0.15) is 0 Å². The lowest BCUT2D eigenvalue weighted by Crippen LogP contribution is -2.39. The maximum Gasteiger partial charge on any atom is 0.257 e. The van der Waals surface area contributed by atoms with Crippen molar-refractivity contribution in [3.05, 3.63) is 45.7 Å². The first kappa shape index (κ1) is 18.1. The third kappa shape index (κ3) is 3.48. The molecule has 26 heavy (non-hydrogen) atoms. The van der Waals surface area contributed by atoms with Crippen LogP contribution in [0.15, 0.2) is 29.2 Å². The number of nitrogens with zero attached hydrogens (tertiary/aromatic N) is 2. The number of likely N-dealkylation sites (tertiary alicyclic amines) is 1. The Morgan fingerprint density at radius 1 is 1.35 bits per heavy atom. The molecule has 1 aromatic carbocycles. The summed E-state index contributed by atoms with van der Waals surface area (Å²) in [5.41, 5.74) is 1.54. The van der Waals surface area contributed by atoms with Crippen molar-refractivity contribution in [3.63, 3.8) is 0 Å². The van der Waals surface area contributed by atoms with Crippen molar-refractivity contribution >= 4 is 22.7 Å². The van der Waals surface area contributed by atoms with Gasteiger partial charge < -0.3 is 19.5 Å². The number of nitrogens with one attached hydrogen (secondary N) is 1. The van der Waals surface area contributed by atoms with Crippen LogP contribution in [-0.4, -0.2) is 54.1 Å². The van der Waals surface area contributed by atoms with Gasteiger partial charge in [-0.3, -0.25) is 14.4 Å². The van der Waals surface area contributed by atoms with Crippen LogP contribution < -0.4 is 10.7 Å². The van der Waals surface area contributed by atoms with E-state index in [2.05, 4.69) is 5.32 Å². The fraction of sp³-hybridized carbons (Fsp3) is 0.421. The number of carbonyl (C=O) groups is 2. The van der Waals surface area contributed by atoms with E-state index < -0.39 is 5.91 Å². The summed E-state index contributed by atoms with van der Waals surface area (Å²) in [6, 6.07) is 5.29. The highest BCUT2D eigenvalue weighted by molar-refractivity contribution is 5.98. The fourth-order valence-corrected chi connectivity index (χ4v) is 3.32. The van der Waals surface area contributed by atoms with Crippen LogP contribution in [0.3, 0.4) is 0 Å². The van der Waals surface area contributed by atoms with Gasteiger partial charge in [-0.25, -0.2) is 0 Å². The van der Waals surface area contributed by atoms with Crippen LogP contribution in [0.25, 0.3) is 10.9 Å². The van der Waals surface area contributed by atoms with E-state index in [0.717, 1.165) is 11.1 Å². The molecule has 7 heteroatoms. The summed E-state index contributed by atoms with van der Waals surface area (Å²) >= 11 is 0. The molecule has 1 aliphatic heterocycles. The van der Waals surface area contributed by atoms with E-state index in [1.807, 2.05) is 19.1 Å². The lowest BCUT2D eigenvalue weighted by Gasteiger charge is -2.16. The largest absolute Gasteiger partial charge is 0.383 e. The second-order valence-electron chi connectivity index (χ2n) is 6.71. The minimum absolute atomic E-state index is 0.0191. The summed E-state index contributed by atoms with van der Waals surface area (Å²) in [4.78, 5) is 39.1. The predicted octanol–water partition coefficient (Wildman–Crippen LogP) is 0.824. The molecular formula is C19H23N3O4. The van der Waals surface area contributed by atoms with E-state index in [-0.39, 0.29) is 29.4 Å². The molecule has 0 radical (unpaired) electrons. The Bertz CT molecular complexity index is 919. The zero-order chi connectivity index (χ0) is 18.8. The van der Waals surface area contributed by atoms with E-state index in [0.29, 0.717) is 25.1 Å². The number of carbonyl (C=O) groups excluding carboxylic acids is 2. The van der Waals surface area contributed by atoms with Gasteiger partial charge in [0.05, 0.1) is 18.2 Å². The molecule has 1 saturated heterocycles. The van der Waals surface area contributed by atoms with Gasteiger partial charge in [-0.1, -0.05) is 11.6 Å². The number of fused-ring (bicyclic) bond motifs is 1. The monoisotopic (exact) mass is 357 g/mol. The van der Waals surface area contributed by atoms with Crippen molar-refractivity contribution in [2.24, 2.45) is 7.05 Å². The summed E-state index contributed by atoms with van der Waals surface area (Å²) in [6.07, 6.45) is 1.79. The van der Waals surface area contributed by atoms with E-state index >= 15 is 0 Å². The van der Waals surface area contributed by atoms with Gasteiger partial charge in [-0.05, 0) is 19.1 Å². The maximum atomic E-state index is 12.8. The number of rotatable bonds is 5. The quantitative estimate of drug-likeness (QED) is 0.859. The van der Waals surface area contributed by atoms with Gasteiger partial charge in [0.1, 0.15) is 5.56 Å². The number of pyridine rings is 1. The molecule has 0 saturated carbocycles. The Balaban J connectivity index is 1.82. The number of aromatic nitrogens is 1. The minimum atomic E-state index is -0.444. The highest BCUT2D eigenvalue weighted by Crippen LogP contribution is 2.14. The smallest absolute Gasteiger partial charge is 0.257 e. The van der Waals surface area contributed by atoms with Crippen molar-refractivity contribution in [1.29, 1.82) is 0 Å². The lowest BCUT2D eigenvalue weighted by atomic mass is 10.1. The van der Waals surface area contributed by atoms with Gasteiger partial charge in [0.2, 0.25) is 11.3 Å². The second-order valence-corrected chi connectivity index (χ2v) is 6.71. The Labute approximate surface area is 151 Å². The maximum absolute atomic E-state index is 12.8. The molecule has 1 fully saturated rings. The molecule has 1 aromatic heterocycles. The number of benzene rings is 1. The van der Waals surface area contributed by atoms with Crippen LogP contribution in [0.2, 0.25) is 0 Å². The van der Waals surface area contributed by atoms with Crippen molar-refractivity contribution in [3.8, 4) is 0 Å². The van der Waals surface area contributed by atoms with Crippen LogP contribution >= 0.6 is 0 Å². The molecule has 0 unspecified atom stereocenters. The highest BCUT2D eigenvalue weighted by atomic mass is 16.5. The number of amides is 2. The average Bonchev–Trinajstić information content (AvgIpc) is 2.95. The number of ether oxygens (including phenoxy) is 1. The summed E-state index contributed by atoms with van der Waals surface area (Å²) < 4.78 is 6.77. The van der Waals surface area contributed by atoms with Crippen LogP contribution in [0, 0.1) is 6.92 Å². The van der Waals surface area contributed by atoms with Gasteiger partial charge in [-0.15, -0.1) is 0 Å². The van der Waals surface area contributed by atoms with E-state index in [4.69, 9.17) is 4.74 Å². The Hall–Kier alpha value is -2.67. The first-order valence-electron chi connectivity index (χ1n) is 8.58. The number of methoxy groups -OCH3 is 1. The zero-order valence-corrected chi connectivity index (χ0v) is 15.2. The fourth-order valence-electron chi connectivity index (χ4n) is 3.32. The molecule has 1 N–H and O–H groups in total. The molecule has 0 spiro atoms. The molecule has 138 valence electrons.